The molecule has 0 amide bonds. The molecule has 1 heterocycles. The molecule has 6 nitrogen and oxygen atoms in total. The van der Waals surface area contributed by atoms with Gasteiger partial charge in [-0.05, 0) is 24.1 Å². The van der Waals surface area contributed by atoms with Crippen LogP contribution in [0.3, 0.4) is 0 Å². The van der Waals surface area contributed by atoms with Crippen LogP contribution in [0, 0.1) is 0 Å². The van der Waals surface area contributed by atoms with Crippen LogP contribution in [-0.4, -0.2) is 52.7 Å². The molecule has 0 spiro atoms. The Balaban J connectivity index is 1.81. The largest absolute Gasteiger partial charge is 0.497 e. The number of hydrogen-bond donors (Lipinski definition) is 1. The van der Waals surface area contributed by atoms with Crippen LogP contribution >= 0.6 is 0 Å². The molecule has 2 rings (SSSR count). The Morgan fingerprint density at radius 3 is 2.50 bits per heavy atom. The number of ether oxygens (including phenoxy) is 2. The average Bonchev–Trinajstić information content (AvgIpc) is 2.49. The van der Waals surface area contributed by atoms with Crippen LogP contribution in [0.1, 0.15) is 5.56 Å². The van der Waals surface area contributed by atoms with E-state index in [1.165, 1.54) is 4.31 Å². The molecule has 0 bridgehead atoms. The Labute approximate surface area is 119 Å². The Kier molecular flexibility index (Phi) is 5.36. The van der Waals surface area contributed by atoms with Crippen molar-refractivity contribution >= 4 is 10.2 Å². The van der Waals surface area contributed by atoms with E-state index < -0.39 is 10.2 Å². The lowest BCUT2D eigenvalue weighted by atomic mass is 10.1. The third-order valence-electron chi connectivity index (χ3n) is 3.17. The van der Waals surface area contributed by atoms with E-state index in [1.807, 2.05) is 24.3 Å². The molecule has 0 radical (unpaired) electrons. The summed E-state index contributed by atoms with van der Waals surface area (Å²) in [5.41, 5.74) is 1.07. The van der Waals surface area contributed by atoms with Crippen molar-refractivity contribution in [3.63, 3.8) is 0 Å². The van der Waals surface area contributed by atoms with Gasteiger partial charge in [-0.1, -0.05) is 12.1 Å². The molecule has 0 aliphatic carbocycles. The fourth-order valence-electron chi connectivity index (χ4n) is 1.99. The van der Waals surface area contributed by atoms with E-state index in [0.717, 1.165) is 11.3 Å². The summed E-state index contributed by atoms with van der Waals surface area (Å²) in [6, 6.07) is 7.60. The molecule has 1 N–H and O–H groups in total. The van der Waals surface area contributed by atoms with Gasteiger partial charge in [0.05, 0.1) is 20.3 Å². The zero-order valence-electron chi connectivity index (χ0n) is 11.5. The van der Waals surface area contributed by atoms with Gasteiger partial charge in [-0.3, -0.25) is 0 Å². The monoisotopic (exact) mass is 300 g/mol. The molecule has 1 aliphatic heterocycles. The Morgan fingerprint density at radius 1 is 1.25 bits per heavy atom. The first-order valence-corrected chi connectivity index (χ1v) is 8.01. The molecule has 0 saturated carbocycles. The van der Waals surface area contributed by atoms with Gasteiger partial charge < -0.3 is 9.47 Å². The smallest absolute Gasteiger partial charge is 0.279 e. The fourth-order valence-corrected chi connectivity index (χ4v) is 3.17. The Morgan fingerprint density at radius 2 is 1.90 bits per heavy atom. The molecule has 112 valence electrons. The van der Waals surface area contributed by atoms with E-state index in [9.17, 15) is 8.42 Å². The van der Waals surface area contributed by atoms with Gasteiger partial charge in [-0.15, -0.1) is 0 Å². The standard InChI is InChI=1S/C13H20N2O4S/c1-18-13-4-2-12(3-5-13)6-7-14-20(16,17)15-8-10-19-11-9-15/h2-5,14H,6-11H2,1H3. The molecule has 0 aromatic heterocycles. The molecule has 1 aromatic carbocycles. The van der Waals surface area contributed by atoms with Gasteiger partial charge in [-0.25, -0.2) is 4.72 Å². The number of nitrogens with zero attached hydrogens (tertiary/aromatic N) is 1. The molecular weight excluding hydrogens is 280 g/mol. The summed E-state index contributed by atoms with van der Waals surface area (Å²) in [6.45, 7) is 2.13. The zero-order valence-corrected chi connectivity index (χ0v) is 12.4. The highest BCUT2D eigenvalue weighted by Gasteiger charge is 2.23. The van der Waals surface area contributed by atoms with Crippen LogP contribution in [0.25, 0.3) is 0 Å². The minimum atomic E-state index is -3.39. The third-order valence-corrected chi connectivity index (χ3v) is 4.78. The predicted octanol–water partition coefficient (Wildman–Crippen LogP) is 0.404. The van der Waals surface area contributed by atoms with Crippen LogP contribution in [0.5, 0.6) is 5.75 Å². The lowest BCUT2D eigenvalue weighted by Crippen LogP contribution is -2.47. The van der Waals surface area contributed by atoms with Gasteiger partial charge in [0, 0.05) is 19.6 Å². The highest BCUT2D eigenvalue weighted by Crippen LogP contribution is 2.11. The van der Waals surface area contributed by atoms with Crippen molar-refractivity contribution in [2.75, 3.05) is 40.0 Å². The molecule has 1 aromatic rings. The van der Waals surface area contributed by atoms with E-state index in [1.54, 1.807) is 7.11 Å². The summed E-state index contributed by atoms with van der Waals surface area (Å²) in [7, 11) is -1.77. The summed E-state index contributed by atoms with van der Waals surface area (Å²) >= 11 is 0. The summed E-state index contributed by atoms with van der Waals surface area (Å²) < 4.78 is 38.3. The van der Waals surface area contributed by atoms with Crippen molar-refractivity contribution in [3.05, 3.63) is 29.8 Å². The van der Waals surface area contributed by atoms with Crippen LogP contribution in [0.15, 0.2) is 24.3 Å². The van der Waals surface area contributed by atoms with Crippen LogP contribution < -0.4 is 9.46 Å². The first kappa shape index (κ1) is 15.2. The Bertz CT molecular complexity index is 510. The molecule has 1 aliphatic rings. The fraction of sp³-hybridized carbons (Fsp3) is 0.538. The molecule has 0 unspecified atom stereocenters. The SMILES string of the molecule is COc1ccc(CCNS(=O)(=O)N2CCOCC2)cc1. The second kappa shape index (κ2) is 7.03. The number of benzene rings is 1. The van der Waals surface area contributed by atoms with Gasteiger partial charge in [0.15, 0.2) is 0 Å². The lowest BCUT2D eigenvalue weighted by Gasteiger charge is -2.26. The van der Waals surface area contributed by atoms with Crippen LogP contribution in [0.4, 0.5) is 0 Å². The highest BCUT2D eigenvalue weighted by molar-refractivity contribution is 7.87. The van der Waals surface area contributed by atoms with Gasteiger partial charge in [0.1, 0.15) is 5.75 Å². The van der Waals surface area contributed by atoms with Gasteiger partial charge >= 0.3 is 0 Å². The maximum absolute atomic E-state index is 12.0. The van der Waals surface area contributed by atoms with Crippen molar-refractivity contribution in [1.29, 1.82) is 0 Å². The van der Waals surface area contributed by atoms with E-state index in [0.29, 0.717) is 39.3 Å². The van der Waals surface area contributed by atoms with E-state index >= 15 is 0 Å². The molecule has 1 fully saturated rings. The highest BCUT2D eigenvalue weighted by atomic mass is 32.2. The average molecular weight is 300 g/mol. The third kappa shape index (κ3) is 4.17. The van der Waals surface area contributed by atoms with Crippen molar-refractivity contribution in [2.45, 2.75) is 6.42 Å². The predicted molar refractivity (Wildman–Crippen MR) is 76.0 cm³/mol. The number of methoxy groups -OCH3 is 1. The Hall–Kier alpha value is -1.15. The summed E-state index contributed by atoms with van der Waals surface area (Å²) in [4.78, 5) is 0. The van der Waals surface area contributed by atoms with E-state index in [4.69, 9.17) is 9.47 Å². The van der Waals surface area contributed by atoms with Gasteiger partial charge in [-0.2, -0.15) is 12.7 Å². The molecular formula is C13H20N2O4S. The molecule has 20 heavy (non-hydrogen) atoms. The van der Waals surface area contributed by atoms with Gasteiger partial charge in [0.25, 0.3) is 10.2 Å². The number of rotatable bonds is 6. The minimum Gasteiger partial charge on any atom is -0.497 e. The molecule has 7 heteroatoms. The summed E-state index contributed by atoms with van der Waals surface area (Å²) in [5.74, 6) is 0.794. The van der Waals surface area contributed by atoms with Gasteiger partial charge in [0.2, 0.25) is 0 Å². The maximum atomic E-state index is 12.0. The maximum Gasteiger partial charge on any atom is 0.279 e. The first-order chi connectivity index (χ1) is 9.62. The van der Waals surface area contributed by atoms with Crippen molar-refractivity contribution in [1.82, 2.24) is 9.03 Å². The second-order valence-electron chi connectivity index (χ2n) is 4.51. The van der Waals surface area contributed by atoms with E-state index in [-0.39, 0.29) is 0 Å². The van der Waals surface area contributed by atoms with Crippen molar-refractivity contribution < 1.29 is 17.9 Å². The van der Waals surface area contributed by atoms with Crippen molar-refractivity contribution in [3.8, 4) is 5.75 Å². The normalized spacial score (nSPS) is 17.1. The number of morpholine rings is 1. The molecule has 0 atom stereocenters. The van der Waals surface area contributed by atoms with Crippen LogP contribution in [-0.2, 0) is 21.4 Å². The zero-order chi connectivity index (χ0) is 14.4. The first-order valence-electron chi connectivity index (χ1n) is 6.57. The topological polar surface area (TPSA) is 67.9 Å². The summed E-state index contributed by atoms with van der Waals surface area (Å²) in [6.07, 6.45) is 0.646. The second-order valence-corrected chi connectivity index (χ2v) is 6.26. The van der Waals surface area contributed by atoms with Crippen LogP contribution in [0.2, 0.25) is 0 Å². The van der Waals surface area contributed by atoms with Crippen molar-refractivity contribution in [2.24, 2.45) is 0 Å². The lowest BCUT2D eigenvalue weighted by molar-refractivity contribution is 0.0725. The van der Waals surface area contributed by atoms with E-state index in [2.05, 4.69) is 4.72 Å². The number of hydrogen-bond acceptors (Lipinski definition) is 4. The minimum absolute atomic E-state index is 0.381. The number of nitrogens with one attached hydrogen (secondary N) is 1. The summed E-state index contributed by atoms with van der Waals surface area (Å²) in [5, 5.41) is 0. The molecule has 1 saturated heterocycles. The quantitative estimate of drug-likeness (QED) is 0.826.